The van der Waals surface area contributed by atoms with Crippen LogP contribution in [0.2, 0.25) is 0 Å². The first-order valence-electron chi connectivity index (χ1n) is 5.26. The molecule has 0 aromatic heterocycles. The number of hydrogen-bond donors (Lipinski definition) is 1. The monoisotopic (exact) mass is 252 g/mol. The van der Waals surface area contributed by atoms with Crippen LogP contribution in [0.3, 0.4) is 0 Å². The molecule has 2 nitrogen and oxygen atoms in total. The molecule has 2 rings (SSSR count). The highest BCUT2D eigenvalue weighted by Gasteiger charge is 2.17. The average molecular weight is 252 g/mol. The quantitative estimate of drug-likeness (QED) is 0.607. The molecule has 1 aliphatic heterocycles. The predicted octanol–water partition coefficient (Wildman–Crippen LogP) is 3.85. The lowest BCUT2D eigenvalue weighted by Gasteiger charge is -2.20. The molecular weight excluding hydrogens is 236 g/mol. The van der Waals surface area contributed by atoms with Crippen LogP contribution in [0.5, 0.6) is 0 Å². The molecule has 0 spiro atoms. The fourth-order valence-electron chi connectivity index (χ4n) is 1.60. The zero-order valence-electron chi connectivity index (χ0n) is 10.00. The van der Waals surface area contributed by atoms with Crippen LogP contribution < -0.4 is 4.72 Å². The summed E-state index contributed by atoms with van der Waals surface area (Å²) in [6.07, 6.45) is 0. The van der Waals surface area contributed by atoms with Crippen LogP contribution in [-0.2, 0) is 5.41 Å². The predicted molar refractivity (Wildman–Crippen MR) is 74.7 cm³/mol. The van der Waals surface area contributed by atoms with E-state index < -0.39 is 0 Å². The van der Waals surface area contributed by atoms with Gasteiger partial charge in [0.1, 0.15) is 0 Å². The maximum Gasteiger partial charge on any atom is 0.152 e. The van der Waals surface area contributed by atoms with Gasteiger partial charge in [-0.1, -0.05) is 32.4 Å². The number of nitrogens with zero attached hydrogens (tertiary/aromatic N) is 1. The van der Waals surface area contributed by atoms with Gasteiger partial charge in [-0.05, 0) is 30.0 Å². The Morgan fingerprint density at radius 3 is 2.50 bits per heavy atom. The van der Waals surface area contributed by atoms with E-state index in [1.54, 1.807) is 11.0 Å². The number of rotatable bonds is 1. The lowest BCUT2D eigenvalue weighted by atomic mass is 9.85. The molecule has 1 aromatic carbocycles. The first-order chi connectivity index (χ1) is 7.47. The van der Waals surface area contributed by atoms with E-state index in [1.807, 2.05) is 0 Å². The minimum absolute atomic E-state index is 0.181. The smallest absolute Gasteiger partial charge is 0.152 e. The van der Waals surface area contributed by atoms with Crippen LogP contribution in [0.15, 0.2) is 22.6 Å². The Morgan fingerprint density at radius 1 is 1.19 bits per heavy atom. The molecule has 0 saturated heterocycles. The van der Waals surface area contributed by atoms with E-state index in [0.717, 1.165) is 5.84 Å². The molecular formula is C12H16N2S2. The van der Waals surface area contributed by atoms with Gasteiger partial charge < -0.3 is 4.72 Å². The van der Waals surface area contributed by atoms with Crippen LogP contribution in [-0.4, -0.2) is 5.84 Å². The number of amidine groups is 1. The molecule has 0 aliphatic carbocycles. The third kappa shape index (κ3) is 2.55. The SMILES string of the molecule is Cc1cc(C2=NSSN2)cc(C(C)(C)C)c1. The summed E-state index contributed by atoms with van der Waals surface area (Å²) in [4.78, 5) is 0. The van der Waals surface area contributed by atoms with Crippen molar-refractivity contribution >= 4 is 27.8 Å². The molecule has 4 heteroatoms. The molecule has 1 heterocycles. The maximum absolute atomic E-state index is 4.36. The van der Waals surface area contributed by atoms with E-state index in [-0.39, 0.29) is 5.41 Å². The summed E-state index contributed by atoms with van der Waals surface area (Å²) in [6, 6.07) is 6.65. The van der Waals surface area contributed by atoms with Crippen LogP contribution in [0.1, 0.15) is 37.5 Å². The summed E-state index contributed by atoms with van der Waals surface area (Å²) in [6.45, 7) is 8.84. The summed E-state index contributed by atoms with van der Waals surface area (Å²) in [5.41, 5.74) is 4.00. The van der Waals surface area contributed by atoms with Crippen molar-refractivity contribution in [3.8, 4) is 0 Å². The lowest BCUT2D eigenvalue weighted by molar-refractivity contribution is 0.589. The Bertz CT molecular complexity index is 433. The van der Waals surface area contributed by atoms with Gasteiger partial charge in [0, 0.05) is 16.5 Å². The van der Waals surface area contributed by atoms with E-state index in [4.69, 9.17) is 0 Å². The summed E-state index contributed by atoms with van der Waals surface area (Å²) < 4.78 is 7.56. The Kier molecular flexibility index (Phi) is 3.22. The zero-order valence-corrected chi connectivity index (χ0v) is 11.6. The highest BCUT2D eigenvalue weighted by Crippen LogP contribution is 2.29. The first-order valence-corrected chi connectivity index (χ1v) is 7.37. The fraction of sp³-hybridized carbons (Fsp3) is 0.417. The van der Waals surface area contributed by atoms with Crippen molar-refractivity contribution in [1.82, 2.24) is 4.72 Å². The summed E-state index contributed by atoms with van der Waals surface area (Å²) >= 11 is 0. The molecule has 0 atom stereocenters. The Hall–Kier alpha value is -0.610. The van der Waals surface area contributed by atoms with Crippen molar-refractivity contribution in [3.63, 3.8) is 0 Å². The van der Waals surface area contributed by atoms with Crippen molar-refractivity contribution in [3.05, 3.63) is 34.9 Å². The van der Waals surface area contributed by atoms with Crippen LogP contribution in [0, 0.1) is 6.92 Å². The zero-order chi connectivity index (χ0) is 11.8. The maximum atomic E-state index is 4.36. The second-order valence-electron chi connectivity index (χ2n) is 5.04. The topological polar surface area (TPSA) is 24.4 Å². The minimum atomic E-state index is 0.181. The molecule has 0 unspecified atom stereocenters. The number of nitrogens with one attached hydrogen (secondary N) is 1. The summed E-state index contributed by atoms with van der Waals surface area (Å²) in [7, 11) is 3.05. The van der Waals surface area contributed by atoms with Gasteiger partial charge in [0.2, 0.25) is 0 Å². The lowest BCUT2D eigenvalue weighted by Crippen LogP contribution is -2.16. The molecule has 86 valence electrons. The van der Waals surface area contributed by atoms with Crippen LogP contribution >= 0.6 is 22.0 Å². The van der Waals surface area contributed by atoms with E-state index in [2.05, 4.69) is 55.0 Å². The number of benzene rings is 1. The van der Waals surface area contributed by atoms with E-state index in [0.29, 0.717) is 0 Å². The highest BCUT2D eigenvalue weighted by atomic mass is 33.1. The molecule has 1 aromatic rings. The Balaban J connectivity index is 2.44. The van der Waals surface area contributed by atoms with Gasteiger partial charge >= 0.3 is 0 Å². The standard InChI is InChI=1S/C12H16N2S2/c1-8-5-9(11-13-15-16-14-11)7-10(6-8)12(2,3)4/h5-7H,1-4H3,(H,13,14). The fourth-order valence-corrected chi connectivity index (χ4v) is 2.88. The molecule has 1 N–H and O–H groups in total. The van der Waals surface area contributed by atoms with Gasteiger partial charge in [-0.2, -0.15) is 4.40 Å². The van der Waals surface area contributed by atoms with Gasteiger partial charge in [0.15, 0.2) is 5.84 Å². The van der Waals surface area contributed by atoms with Crippen LogP contribution in [0.4, 0.5) is 0 Å². The number of hydrogen-bond acceptors (Lipinski definition) is 4. The van der Waals surface area contributed by atoms with Gasteiger partial charge in [-0.15, -0.1) is 0 Å². The molecule has 0 fully saturated rings. The van der Waals surface area contributed by atoms with Gasteiger partial charge in [0.05, 0.1) is 11.0 Å². The van der Waals surface area contributed by atoms with E-state index in [1.165, 1.54) is 27.7 Å². The van der Waals surface area contributed by atoms with Crippen molar-refractivity contribution in [2.45, 2.75) is 33.1 Å². The van der Waals surface area contributed by atoms with Gasteiger partial charge in [-0.3, -0.25) is 0 Å². The Morgan fingerprint density at radius 2 is 1.94 bits per heavy atom. The van der Waals surface area contributed by atoms with E-state index in [9.17, 15) is 0 Å². The normalized spacial score (nSPS) is 15.9. The van der Waals surface area contributed by atoms with E-state index >= 15 is 0 Å². The molecule has 0 bridgehead atoms. The molecule has 0 radical (unpaired) electrons. The first kappa shape index (κ1) is 11.9. The highest BCUT2D eigenvalue weighted by molar-refractivity contribution is 8.76. The second kappa shape index (κ2) is 4.34. The van der Waals surface area contributed by atoms with Crippen molar-refractivity contribution in [2.24, 2.45) is 4.40 Å². The third-order valence-corrected chi connectivity index (χ3v) is 3.83. The van der Waals surface area contributed by atoms with Crippen LogP contribution in [0.25, 0.3) is 0 Å². The van der Waals surface area contributed by atoms with Crippen molar-refractivity contribution in [1.29, 1.82) is 0 Å². The Labute approximate surface area is 105 Å². The van der Waals surface area contributed by atoms with Crippen molar-refractivity contribution < 1.29 is 0 Å². The van der Waals surface area contributed by atoms with Gasteiger partial charge in [0.25, 0.3) is 0 Å². The molecule has 0 amide bonds. The minimum Gasteiger partial charge on any atom is -0.303 e. The largest absolute Gasteiger partial charge is 0.303 e. The average Bonchev–Trinajstić information content (AvgIpc) is 2.68. The summed E-state index contributed by atoms with van der Waals surface area (Å²) in [5, 5.41) is 0. The molecule has 0 saturated carbocycles. The number of aryl methyl sites for hydroxylation is 1. The van der Waals surface area contributed by atoms with Gasteiger partial charge in [-0.25, -0.2) is 0 Å². The van der Waals surface area contributed by atoms with Crippen molar-refractivity contribution in [2.75, 3.05) is 0 Å². The summed E-state index contributed by atoms with van der Waals surface area (Å²) in [5.74, 6) is 0.976. The molecule has 1 aliphatic rings. The molecule has 16 heavy (non-hydrogen) atoms. The third-order valence-electron chi connectivity index (χ3n) is 2.52. The second-order valence-corrected chi connectivity index (χ2v) is 6.69.